The predicted molar refractivity (Wildman–Crippen MR) is 119 cm³/mol. The van der Waals surface area contributed by atoms with Crippen LogP contribution < -0.4 is 4.74 Å². The molecule has 1 aromatic carbocycles. The Morgan fingerprint density at radius 1 is 1.22 bits per heavy atom. The van der Waals surface area contributed by atoms with Crippen LogP contribution in [0.15, 0.2) is 48.6 Å². The first-order valence-corrected chi connectivity index (χ1v) is 11.2. The van der Waals surface area contributed by atoms with Crippen LogP contribution in [0.2, 0.25) is 5.02 Å². The van der Waals surface area contributed by atoms with Gasteiger partial charge in [-0.15, -0.1) is 0 Å². The summed E-state index contributed by atoms with van der Waals surface area (Å²) in [6, 6.07) is 6.97. The normalized spacial score (nSPS) is 25.2. The smallest absolute Gasteiger partial charge is 0.303 e. The summed E-state index contributed by atoms with van der Waals surface area (Å²) in [6.45, 7) is 0.943. The van der Waals surface area contributed by atoms with E-state index in [0.717, 1.165) is 0 Å². The molecular formula is C24H29ClO7. The number of carboxylic acid groups (broad SMARTS) is 1. The predicted octanol–water partition coefficient (Wildman–Crippen LogP) is 3.79. The van der Waals surface area contributed by atoms with Gasteiger partial charge in [0.25, 0.3) is 0 Å². The van der Waals surface area contributed by atoms with Gasteiger partial charge in [-0.25, -0.2) is 0 Å². The molecule has 3 atom stereocenters. The number of Topliss-reactive ketones (excluding diaryl/α,β-unsaturated/α-hetero) is 1. The molecule has 3 rings (SSSR count). The molecule has 174 valence electrons. The highest BCUT2D eigenvalue weighted by atomic mass is 35.5. The molecule has 1 saturated heterocycles. The van der Waals surface area contributed by atoms with Gasteiger partial charge in [-0.2, -0.15) is 0 Å². The molecule has 2 aliphatic rings. The molecule has 0 bridgehead atoms. The molecule has 1 saturated carbocycles. The number of benzene rings is 1. The number of aliphatic carboxylic acids is 1. The number of allylic oxidation sites excluding steroid dienone is 3. The average molecular weight is 465 g/mol. The van der Waals surface area contributed by atoms with Crippen molar-refractivity contribution in [2.75, 3.05) is 19.8 Å². The van der Waals surface area contributed by atoms with Gasteiger partial charge < -0.3 is 24.4 Å². The summed E-state index contributed by atoms with van der Waals surface area (Å²) in [5.41, 5.74) is 0. The largest absolute Gasteiger partial charge is 0.488 e. The van der Waals surface area contributed by atoms with Gasteiger partial charge in [0.05, 0.1) is 19.3 Å². The molecular weight excluding hydrogens is 436 g/mol. The minimum absolute atomic E-state index is 0.0233. The lowest BCUT2D eigenvalue weighted by atomic mass is 9.90. The van der Waals surface area contributed by atoms with Gasteiger partial charge in [0.2, 0.25) is 5.79 Å². The molecule has 2 N–H and O–H groups in total. The first kappa shape index (κ1) is 24.5. The summed E-state index contributed by atoms with van der Waals surface area (Å²) < 4.78 is 17.4. The topological polar surface area (TPSA) is 102 Å². The first-order chi connectivity index (χ1) is 15.4. The molecule has 2 fully saturated rings. The number of ketones is 1. The minimum Gasteiger partial charge on any atom is -0.488 e. The summed E-state index contributed by atoms with van der Waals surface area (Å²) in [5.74, 6) is -2.00. The van der Waals surface area contributed by atoms with Crippen LogP contribution in [0.4, 0.5) is 0 Å². The van der Waals surface area contributed by atoms with Crippen molar-refractivity contribution in [1.29, 1.82) is 0 Å². The van der Waals surface area contributed by atoms with E-state index in [1.165, 1.54) is 0 Å². The van der Waals surface area contributed by atoms with Gasteiger partial charge in [0.1, 0.15) is 18.1 Å². The molecule has 0 aromatic heterocycles. The van der Waals surface area contributed by atoms with Crippen molar-refractivity contribution in [2.45, 2.75) is 44.0 Å². The summed E-state index contributed by atoms with van der Waals surface area (Å²) >= 11 is 5.90. The van der Waals surface area contributed by atoms with Crippen molar-refractivity contribution in [3.8, 4) is 5.75 Å². The minimum atomic E-state index is -1.09. The Hall–Kier alpha value is -2.19. The summed E-state index contributed by atoms with van der Waals surface area (Å²) in [6.07, 6.45) is 8.57. The van der Waals surface area contributed by atoms with Gasteiger partial charge in [-0.05, 0) is 49.6 Å². The van der Waals surface area contributed by atoms with Crippen molar-refractivity contribution in [3.05, 3.63) is 53.6 Å². The zero-order valence-electron chi connectivity index (χ0n) is 17.8. The number of rotatable bonds is 11. The van der Waals surface area contributed by atoms with E-state index < -0.39 is 23.8 Å². The zero-order valence-corrected chi connectivity index (χ0v) is 18.6. The molecule has 0 radical (unpaired) electrons. The van der Waals surface area contributed by atoms with Gasteiger partial charge in [-0.3, -0.25) is 9.59 Å². The van der Waals surface area contributed by atoms with Gasteiger partial charge in [0.15, 0.2) is 0 Å². The Labute approximate surface area is 192 Å². The van der Waals surface area contributed by atoms with E-state index >= 15 is 0 Å². The maximum atomic E-state index is 12.5. The molecule has 8 heteroatoms. The molecule has 0 spiro atoms. The fraction of sp³-hybridized carbons (Fsp3) is 0.500. The summed E-state index contributed by atoms with van der Waals surface area (Å²) in [5, 5.41) is 19.7. The standard InChI is InChI=1S/C24H29ClO7/c25-17-7-9-18(10-8-17)30-16-24(31-13-14-32-24)12-11-20-19(21(26)15-22(20)27)5-3-1-2-4-6-23(28)29/h1,3,7-12,19-21,26H,2,4-6,13-16H2,(H,28,29)/b3-1-,12-11+/t19-,20-,21+/m1/s1. The molecule has 1 aliphatic heterocycles. The number of carbonyl (C=O) groups excluding carboxylic acids is 1. The van der Waals surface area contributed by atoms with E-state index in [0.29, 0.717) is 43.2 Å². The molecule has 7 nitrogen and oxygen atoms in total. The maximum Gasteiger partial charge on any atom is 0.303 e. The van der Waals surface area contributed by atoms with Crippen LogP contribution in [-0.4, -0.2) is 53.7 Å². The van der Waals surface area contributed by atoms with Crippen LogP contribution >= 0.6 is 11.6 Å². The molecule has 1 heterocycles. The molecule has 1 aromatic rings. The van der Waals surface area contributed by atoms with Crippen LogP contribution in [0, 0.1) is 11.8 Å². The van der Waals surface area contributed by atoms with Crippen molar-refractivity contribution in [3.63, 3.8) is 0 Å². The SMILES string of the molecule is O=C(O)CCC/C=C\C[C@H]1[C@@H](O)CC(=O)[C@@H]1/C=C/C1(COc2ccc(Cl)cc2)OCCO1. The number of aliphatic hydroxyl groups is 1. The molecule has 0 amide bonds. The number of carbonyl (C=O) groups is 2. The highest BCUT2D eigenvalue weighted by Crippen LogP contribution is 2.35. The summed E-state index contributed by atoms with van der Waals surface area (Å²) in [4.78, 5) is 23.1. The van der Waals surface area contributed by atoms with E-state index in [4.69, 9.17) is 30.9 Å². The van der Waals surface area contributed by atoms with Crippen molar-refractivity contribution < 1.29 is 34.0 Å². The van der Waals surface area contributed by atoms with Gasteiger partial charge in [0, 0.05) is 29.7 Å². The number of hydrogen-bond donors (Lipinski definition) is 2. The number of ether oxygens (including phenoxy) is 3. The molecule has 32 heavy (non-hydrogen) atoms. The first-order valence-electron chi connectivity index (χ1n) is 10.8. The highest BCUT2D eigenvalue weighted by molar-refractivity contribution is 6.30. The quantitative estimate of drug-likeness (QED) is 0.379. The fourth-order valence-electron chi connectivity index (χ4n) is 3.93. The average Bonchev–Trinajstić information content (AvgIpc) is 3.33. The third-order valence-corrected chi connectivity index (χ3v) is 5.91. The zero-order chi connectivity index (χ0) is 23.0. The lowest BCUT2D eigenvalue weighted by Gasteiger charge is -2.25. The Kier molecular flexibility index (Phi) is 8.87. The van der Waals surface area contributed by atoms with E-state index in [-0.39, 0.29) is 31.1 Å². The third kappa shape index (κ3) is 6.90. The van der Waals surface area contributed by atoms with E-state index in [1.54, 1.807) is 36.4 Å². The van der Waals surface area contributed by atoms with Crippen LogP contribution in [0.25, 0.3) is 0 Å². The number of hydrogen-bond acceptors (Lipinski definition) is 6. The lowest BCUT2D eigenvalue weighted by molar-refractivity contribution is -0.139. The fourth-order valence-corrected chi connectivity index (χ4v) is 4.06. The number of halogens is 1. The number of carboxylic acids is 1. The van der Waals surface area contributed by atoms with Crippen molar-refractivity contribution in [1.82, 2.24) is 0 Å². The summed E-state index contributed by atoms with van der Waals surface area (Å²) in [7, 11) is 0. The Bertz CT molecular complexity index is 827. The third-order valence-electron chi connectivity index (χ3n) is 5.66. The Morgan fingerprint density at radius 2 is 1.94 bits per heavy atom. The van der Waals surface area contributed by atoms with Crippen LogP contribution in [0.3, 0.4) is 0 Å². The van der Waals surface area contributed by atoms with Crippen molar-refractivity contribution in [2.24, 2.45) is 11.8 Å². The molecule has 1 aliphatic carbocycles. The number of aliphatic hydroxyl groups excluding tert-OH is 1. The van der Waals surface area contributed by atoms with E-state index in [2.05, 4.69) is 0 Å². The van der Waals surface area contributed by atoms with E-state index in [1.807, 2.05) is 12.2 Å². The molecule has 0 unspecified atom stereocenters. The monoisotopic (exact) mass is 464 g/mol. The second-order valence-electron chi connectivity index (χ2n) is 8.03. The lowest BCUT2D eigenvalue weighted by Crippen LogP contribution is -2.35. The van der Waals surface area contributed by atoms with Crippen molar-refractivity contribution >= 4 is 23.4 Å². The maximum absolute atomic E-state index is 12.5. The van der Waals surface area contributed by atoms with Crippen LogP contribution in [-0.2, 0) is 19.1 Å². The van der Waals surface area contributed by atoms with Gasteiger partial charge in [-0.1, -0.05) is 29.8 Å². The van der Waals surface area contributed by atoms with Gasteiger partial charge >= 0.3 is 5.97 Å². The highest BCUT2D eigenvalue weighted by Gasteiger charge is 2.41. The second kappa shape index (κ2) is 11.6. The van der Waals surface area contributed by atoms with Crippen LogP contribution in [0.5, 0.6) is 5.75 Å². The Balaban J connectivity index is 1.61. The Morgan fingerprint density at radius 3 is 2.62 bits per heavy atom. The van der Waals surface area contributed by atoms with E-state index in [9.17, 15) is 14.7 Å². The number of unbranched alkanes of at least 4 members (excludes halogenated alkanes) is 1. The van der Waals surface area contributed by atoms with Crippen LogP contribution in [0.1, 0.15) is 32.1 Å². The second-order valence-corrected chi connectivity index (χ2v) is 8.47.